The van der Waals surface area contributed by atoms with Crippen molar-refractivity contribution >= 4 is 46.5 Å². The molecule has 0 unspecified atom stereocenters. The third kappa shape index (κ3) is 5.54. The number of cyclic esters (lactones) is 1. The Morgan fingerprint density at radius 3 is 2.55 bits per heavy atom. The number of methoxy groups -OCH3 is 2. The van der Waals surface area contributed by atoms with Crippen LogP contribution in [-0.4, -0.2) is 45.3 Å². The van der Waals surface area contributed by atoms with Crippen molar-refractivity contribution in [2.45, 2.75) is 6.92 Å². The Morgan fingerprint density at radius 1 is 1.16 bits per heavy atom. The molecule has 0 bridgehead atoms. The van der Waals surface area contributed by atoms with Crippen LogP contribution in [0.15, 0.2) is 47.1 Å². The second kappa shape index (κ2) is 10.3. The number of hydrogen-bond acceptors (Lipinski definition) is 8. The van der Waals surface area contributed by atoms with E-state index in [4.69, 9.17) is 18.9 Å². The third-order valence-electron chi connectivity index (χ3n) is 4.15. The number of halogens is 1. The minimum Gasteiger partial charge on any atom is -0.497 e. The second-order valence-corrected chi connectivity index (χ2v) is 7.35. The van der Waals surface area contributed by atoms with Crippen molar-refractivity contribution in [3.63, 3.8) is 0 Å². The van der Waals surface area contributed by atoms with Gasteiger partial charge in [-0.05, 0) is 77.6 Å². The van der Waals surface area contributed by atoms with E-state index in [9.17, 15) is 9.59 Å². The Morgan fingerprint density at radius 2 is 1.90 bits per heavy atom. The van der Waals surface area contributed by atoms with Crippen molar-refractivity contribution < 1.29 is 33.3 Å². The Balaban J connectivity index is 1.89. The fraction of sp³-hybridized carbons (Fsp3) is 0.227. The zero-order valence-corrected chi connectivity index (χ0v) is 19.3. The van der Waals surface area contributed by atoms with Gasteiger partial charge >= 0.3 is 11.9 Å². The molecule has 0 aromatic heterocycles. The van der Waals surface area contributed by atoms with E-state index < -0.39 is 11.9 Å². The van der Waals surface area contributed by atoms with Crippen molar-refractivity contribution in [1.29, 1.82) is 0 Å². The molecule has 1 aliphatic rings. The maximum atomic E-state index is 12.3. The van der Waals surface area contributed by atoms with Crippen molar-refractivity contribution in [3.05, 3.63) is 56.8 Å². The van der Waals surface area contributed by atoms with E-state index >= 15 is 0 Å². The summed E-state index contributed by atoms with van der Waals surface area (Å²) in [7, 11) is 2.86. The number of carbonyl (C=O) groups excluding carboxylic acids is 2. The maximum absolute atomic E-state index is 12.3. The highest BCUT2D eigenvalue weighted by Gasteiger charge is 2.24. The summed E-state index contributed by atoms with van der Waals surface area (Å²) in [6.45, 7) is 1.99. The van der Waals surface area contributed by atoms with Gasteiger partial charge in [-0.2, -0.15) is 0 Å². The normalized spacial score (nSPS) is 14.1. The first-order valence-electron chi connectivity index (χ1n) is 9.28. The largest absolute Gasteiger partial charge is 0.497 e. The van der Waals surface area contributed by atoms with Crippen LogP contribution in [-0.2, 0) is 19.1 Å². The van der Waals surface area contributed by atoms with Crippen molar-refractivity contribution in [1.82, 2.24) is 0 Å². The van der Waals surface area contributed by atoms with Crippen LogP contribution in [0.25, 0.3) is 6.08 Å². The van der Waals surface area contributed by atoms with Crippen molar-refractivity contribution in [2.75, 3.05) is 27.4 Å². The molecule has 0 aliphatic carbocycles. The summed E-state index contributed by atoms with van der Waals surface area (Å²) in [5.74, 6) is 0.722. The fourth-order valence-corrected chi connectivity index (χ4v) is 3.47. The first-order chi connectivity index (χ1) is 14.9. The number of aliphatic imine (C=N–C) groups is 1. The quantitative estimate of drug-likeness (QED) is 0.289. The molecular formula is C22H20INO7. The zero-order chi connectivity index (χ0) is 22.4. The standard InChI is InChI=1S/C22H20INO7/c1-4-29-18-11-13(9-16(23)20(18)30-12-19(25)28-3)10-17-22(26)31-21(24-17)14-5-7-15(27-2)8-6-14/h5-11H,4,12H2,1-3H3. The minimum absolute atomic E-state index is 0.160. The lowest BCUT2D eigenvalue weighted by atomic mass is 10.1. The van der Waals surface area contributed by atoms with Crippen LogP contribution in [0, 0.1) is 3.57 Å². The molecule has 0 N–H and O–H groups in total. The molecule has 0 spiro atoms. The topological polar surface area (TPSA) is 92.6 Å². The first-order valence-corrected chi connectivity index (χ1v) is 10.4. The summed E-state index contributed by atoms with van der Waals surface area (Å²) in [5.41, 5.74) is 1.49. The molecule has 0 radical (unpaired) electrons. The van der Waals surface area contributed by atoms with Crippen molar-refractivity contribution in [2.24, 2.45) is 4.99 Å². The second-order valence-electron chi connectivity index (χ2n) is 6.19. The van der Waals surface area contributed by atoms with Crippen LogP contribution in [0.4, 0.5) is 0 Å². The summed E-state index contributed by atoms with van der Waals surface area (Å²) in [6.07, 6.45) is 1.60. The van der Waals surface area contributed by atoms with Crippen LogP contribution in [0.5, 0.6) is 17.2 Å². The number of nitrogens with zero attached hydrogens (tertiary/aromatic N) is 1. The van der Waals surface area contributed by atoms with E-state index in [1.807, 2.05) is 6.92 Å². The number of rotatable bonds is 8. The average molecular weight is 537 g/mol. The Kier molecular flexibility index (Phi) is 7.50. The fourth-order valence-electron chi connectivity index (χ4n) is 2.69. The summed E-state index contributed by atoms with van der Waals surface area (Å²) < 4.78 is 27.0. The van der Waals surface area contributed by atoms with E-state index in [0.29, 0.717) is 38.6 Å². The van der Waals surface area contributed by atoms with Gasteiger partial charge in [-0.25, -0.2) is 14.6 Å². The molecule has 8 nitrogen and oxygen atoms in total. The number of ether oxygens (including phenoxy) is 5. The SMILES string of the molecule is CCOc1cc(C=C2N=C(c3ccc(OC)cc3)OC2=O)cc(I)c1OCC(=O)OC. The summed E-state index contributed by atoms with van der Waals surface area (Å²) in [4.78, 5) is 28.0. The van der Waals surface area contributed by atoms with Crippen LogP contribution >= 0.6 is 22.6 Å². The highest BCUT2D eigenvalue weighted by Crippen LogP contribution is 2.35. The average Bonchev–Trinajstić information content (AvgIpc) is 3.13. The number of benzene rings is 2. The van der Waals surface area contributed by atoms with Gasteiger partial charge in [0.1, 0.15) is 5.75 Å². The molecule has 2 aromatic rings. The van der Waals surface area contributed by atoms with Crippen LogP contribution in [0.2, 0.25) is 0 Å². The molecule has 31 heavy (non-hydrogen) atoms. The Labute approximate surface area is 192 Å². The molecular weight excluding hydrogens is 517 g/mol. The smallest absolute Gasteiger partial charge is 0.363 e. The lowest BCUT2D eigenvalue weighted by Crippen LogP contribution is -2.14. The molecule has 0 amide bonds. The Hall–Kier alpha value is -3.08. The third-order valence-corrected chi connectivity index (χ3v) is 4.96. The highest BCUT2D eigenvalue weighted by molar-refractivity contribution is 14.1. The van der Waals surface area contributed by atoms with E-state index in [1.54, 1.807) is 49.6 Å². The van der Waals surface area contributed by atoms with Gasteiger partial charge in [0.15, 0.2) is 23.8 Å². The van der Waals surface area contributed by atoms with Gasteiger partial charge < -0.3 is 23.7 Å². The van der Waals surface area contributed by atoms with E-state index in [-0.39, 0.29) is 18.2 Å². The molecule has 3 rings (SSSR count). The lowest BCUT2D eigenvalue weighted by molar-refractivity contribution is -0.143. The summed E-state index contributed by atoms with van der Waals surface area (Å²) in [6, 6.07) is 10.5. The van der Waals surface area contributed by atoms with Gasteiger partial charge in [0, 0.05) is 5.56 Å². The van der Waals surface area contributed by atoms with Crippen LogP contribution in [0.3, 0.4) is 0 Å². The lowest BCUT2D eigenvalue weighted by Gasteiger charge is -2.14. The molecule has 0 atom stereocenters. The highest BCUT2D eigenvalue weighted by atomic mass is 127. The van der Waals surface area contributed by atoms with Gasteiger partial charge in [-0.15, -0.1) is 0 Å². The number of hydrogen-bond donors (Lipinski definition) is 0. The molecule has 162 valence electrons. The molecule has 0 saturated carbocycles. The number of esters is 2. The molecule has 1 heterocycles. The van der Waals surface area contributed by atoms with E-state index in [2.05, 4.69) is 32.3 Å². The van der Waals surface area contributed by atoms with Gasteiger partial charge in [0.25, 0.3) is 0 Å². The van der Waals surface area contributed by atoms with Crippen molar-refractivity contribution in [3.8, 4) is 17.2 Å². The minimum atomic E-state index is -0.551. The summed E-state index contributed by atoms with van der Waals surface area (Å²) in [5, 5.41) is 0. The zero-order valence-electron chi connectivity index (χ0n) is 17.1. The van der Waals surface area contributed by atoms with E-state index in [0.717, 1.165) is 0 Å². The van der Waals surface area contributed by atoms with Gasteiger partial charge in [0.2, 0.25) is 5.90 Å². The van der Waals surface area contributed by atoms with Gasteiger partial charge in [0.05, 0.1) is 24.4 Å². The van der Waals surface area contributed by atoms with Gasteiger partial charge in [-0.1, -0.05) is 0 Å². The predicted octanol–water partition coefficient (Wildman–Crippen LogP) is 3.59. The maximum Gasteiger partial charge on any atom is 0.363 e. The molecule has 0 fully saturated rings. The van der Waals surface area contributed by atoms with Gasteiger partial charge in [-0.3, -0.25) is 0 Å². The molecule has 1 aliphatic heterocycles. The number of carbonyl (C=O) groups is 2. The van der Waals surface area contributed by atoms with E-state index in [1.165, 1.54) is 7.11 Å². The van der Waals surface area contributed by atoms with Crippen LogP contribution in [0.1, 0.15) is 18.1 Å². The van der Waals surface area contributed by atoms with Crippen LogP contribution < -0.4 is 14.2 Å². The molecule has 0 saturated heterocycles. The monoisotopic (exact) mass is 537 g/mol. The molecule has 2 aromatic carbocycles. The predicted molar refractivity (Wildman–Crippen MR) is 121 cm³/mol. The summed E-state index contributed by atoms with van der Waals surface area (Å²) >= 11 is 2.07. The first kappa shape index (κ1) is 22.6. The Bertz CT molecular complexity index is 1040. The molecule has 9 heteroatoms.